The number of hydrogen-bond donors (Lipinski definition) is 1. The first-order valence-corrected chi connectivity index (χ1v) is 11.7. The Morgan fingerprint density at radius 1 is 0.960 bits per heavy atom. The summed E-state index contributed by atoms with van der Waals surface area (Å²) in [4.78, 5) is 23.8. The summed E-state index contributed by atoms with van der Waals surface area (Å²) in [6, 6.07) is 0. The molecular weight excluding hydrogens is 374 g/mol. The fourth-order valence-corrected chi connectivity index (χ4v) is 4.77. The van der Waals surface area contributed by atoms with Gasteiger partial charge < -0.3 is 5.11 Å². The maximum absolute atomic E-state index is 12.0. The topological polar surface area (TPSA) is 88.5 Å². The van der Waals surface area contributed by atoms with Gasteiger partial charge in [-0.3, -0.25) is 9.59 Å². The Morgan fingerprint density at radius 2 is 1.48 bits per heavy atom. The zero-order chi connectivity index (χ0) is 18.4. The first-order chi connectivity index (χ1) is 11.4. The van der Waals surface area contributed by atoms with Crippen LogP contribution >= 0.6 is 31.2 Å². The molecular formula is C16H30LiO5PS2. The maximum atomic E-state index is 12.0. The molecule has 0 radical (unpaired) electrons. The van der Waals surface area contributed by atoms with Crippen LogP contribution in [0.2, 0.25) is 0 Å². The summed E-state index contributed by atoms with van der Waals surface area (Å²) >= 11 is 2.21. The Balaban J connectivity index is 0. The predicted molar refractivity (Wildman–Crippen MR) is 108 cm³/mol. The number of aliphatic hydroxyl groups is 1. The average Bonchev–Trinajstić information content (AvgIpc) is 2.53. The monoisotopic (exact) mass is 404 g/mol. The Bertz CT molecular complexity index is 438. The molecule has 9 heteroatoms. The molecule has 0 heterocycles. The Kier molecular flexibility index (Phi) is 19.8. The summed E-state index contributed by atoms with van der Waals surface area (Å²) in [5, 5.41) is 9.25. The summed E-state index contributed by atoms with van der Waals surface area (Å²) in [7, 11) is -2.93. The minimum atomic E-state index is -2.93. The molecule has 25 heavy (non-hydrogen) atoms. The second-order valence-corrected chi connectivity index (χ2v) is 9.31. The number of carbonyl (C=O) groups excluding carboxylic acids is 2. The van der Waals surface area contributed by atoms with Crippen molar-refractivity contribution in [1.82, 2.24) is 0 Å². The van der Waals surface area contributed by atoms with Crippen molar-refractivity contribution in [3.05, 3.63) is 0 Å². The van der Waals surface area contributed by atoms with Gasteiger partial charge in [0.2, 0.25) is 0 Å². The van der Waals surface area contributed by atoms with E-state index in [4.69, 9.17) is 0 Å². The van der Waals surface area contributed by atoms with Crippen LogP contribution in [-0.4, -0.2) is 51.0 Å². The molecule has 0 spiro atoms. The summed E-state index contributed by atoms with van der Waals surface area (Å²) in [5.74, 6) is -1.10. The van der Waals surface area contributed by atoms with Crippen LogP contribution < -0.4 is 0 Å². The molecule has 0 bridgehead atoms. The van der Waals surface area contributed by atoms with E-state index in [1.165, 1.54) is 0 Å². The third kappa shape index (κ3) is 16.4. The van der Waals surface area contributed by atoms with Crippen molar-refractivity contribution in [3.63, 3.8) is 0 Å². The molecule has 2 unspecified atom stereocenters. The molecule has 0 aliphatic heterocycles. The third-order valence-corrected chi connectivity index (χ3v) is 6.58. The zero-order valence-electron chi connectivity index (χ0n) is 14.6. The number of thioether (sulfide) groups is 2. The van der Waals surface area contributed by atoms with Crippen molar-refractivity contribution in [2.24, 2.45) is 0 Å². The van der Waals surface area contributed by atoms with Crippen LogP contribution in [0.25, 0.3) is 0 Å². The molecule has 0 saturated carbocycles. The van der Waals surface area contributed by atoms with Crippen LogP contribution in [0.3, 0.4) is 0 Å². The molecule has 1 N–H and O–H groups in total. The fourth-order valence-electron chi connectivity index (χ4n) is 2.01. The molecule has 0 aromatic carbocycles. The van der Waals surface area contributed by atoms with Gasteiger partial charge in [-0.25, -0.2) is 9.13 Å². The second-order valence-electron chi connectivity index (χ2n) is 5.71. The molecule has 5 nitrogen and oxygen atoms in total. The normalized spacial score (nSPS) is 12.9. The molecule has 0 amide bonds. The second kappa shape index (κ2) is 17.9. The van der Waals surface area contributed by atoms with E-state index in [0.717, 1.165) is 62.0 Å². The van der Waals surface area contributed by atoms with Crippen LogP contribution in [-0.2, 0) is 18.7 Å². The van der Waals surface area contributed by atoms with E-state index in [-0.39, 0.29) is 40.8 Å². The van der Waals surface area contributed by atoms with Crippen LogP contribution in [0.4, 0.5) is 0 Å². The standard InChI is InChI=1S/C16H29O5PS2.Li.H/c1-3-5-7-9-15(18)23-12-13(11-14(17)22(20)21)24-16(19)10-8-6-4-2;;/h13-14,17H,3-12H2,1-2H3;;. The molecule has 2 atom stereocenters. The van der Waals surface area contributed by atoms with Crippen LogP contribution in [0.5, 0.6) is 0 Å². The minimum absolute atomic E-state index is 0. The molecule has 0 aliphatic carbocycles. The van der Waals surface area contributed by atoms with Crippen molar-refractivity contribution >= 4 is 60.3 Å². The van der Waals surface area contributed by atoms with E-state index in [0.29, 0.717) is 18.6 Å². The summed E-state index contributed by atoms with van der Waals surface area (Å²) in [5.41, 5.74) is 0. The van der Waals surface area contributed by atoms with E-state index in [9.17, 15) is 23.8 Å². The number of unbranched alkanes of at least 4 members (excludes halogenated alkanes) is 4. The van der Waals surface area contributed by atoms with Gasteiger partial charge in [0.15, 0.2) is 16.1 Å². The molecule has 0 fully saturated rings. The van der Waals surface area contributed by atoms with Crippen molar-refractivity contribution < 1.29 is 23.8 Å². The van der Waals surface area contributed by atoms with Crippen LogP contribution in [0.1, 0.15) is 71.6 Å². The summed E-state index contributed by atoms with van der Waals surface area (Å²) in [6.45, 7) is 4.13. The molecule has 0 rings (SSSR count). The Hall–Kier alpha value is 0.497. The van der Waals surface area contributed by atoms with Gasteiger partial charge in [-0.05, 0) is 12.8 Å². The van der Waals surface area contributed by atoms with Crippen LogP contribution in [0.15, 0.2) is 0 Å². The molecule has 0 aromatic rings. The van der Waals surface area contributed by atoms with Gasteiger partial charge >= 0.3 is 26.5 Å². The van der Waals surface area contributed by atoms with E-state index >= 15 is 0 Å². The van der Waals surface area contributed by atoms with Crippen molar-refractivity contribution in [2.45, 2.75) is 82.7 Å². The Labute approximate surface area is 172 Å². The first kappa shape index (κ1) is 27.7. The quantitative estimate of drug-likeness (QED) is 0.263. The number of rotatable bonds is 14. The van der Waals surface area contributed by atoms with Gasteiger partial charge in [0.25, 0.3) is 0 Å². The molecule has 0 aliphatic rings. The molecule has 142 valence electrons. The number of hydrogen-bond acceptors (Lipinski definition) is 7. The van der Waals surface area contributed by atoms with Gasteiger partial charge in [-0.2, -0.15) is 0 Å². The number of aliphatic hydroxyl groups excluding tert-OH is 1. The zero-order valence-corrected chi connectivity index (χ0v) is 17.1. The van der Waals surface area contributed by atoms with E-state index in [1.54, 1.807) is 0 Å². The molecule has 0 saturated heterocycles. The van der Waals surface area contributed by atoms with Crippen molar-refractivity contribution in [3.8, 4) is 0 Å². The van der Waals surface area contributed by atoms with Gasteiger partial charge in [0.05, 0.1) is 0 Å². The van der Waals surface area contributed by atoms with E-state index in [2.05, 4.69) is 13.8 Å². The van der Waals surface area contributed by atoms with Crippen molar-refractivity contribution in [2.75, 3.05) is 5.75 Å². The summed E-state index contributed by atoms with van der Waals surface area (Å²) < 4.78 is 21.7. The fraction of sp³-hybridized carbons (Fsp3) is 0.875. The number of carbonyl (C=O) groups is 2. The van der Waals surface area contributed by atoms with Gasteiger partial charge in [0, 0.05) is 30.3 Å². The van der Waals surface area contributed by atoms with E-state index in [1.807, 2.05) is 0 Å². The average molecular weight is 404 g/mol. The Morgan fingerprint density at radius 3 is 1.96 bits per heavy atom. The predicted octanol–water partition coefficient (Wildman–Crippen LogP) is 4.27. The van der Waals surface area contributed by atoms with E-state index < -0.39 is 13.5 Å². The van der Waals surface area contributed by atoms with Crippen molar-refractivity contribution in [1.29, 1.82) is 0 Å². The SMILES string of the molecule is CCCCCC(=O)SCC(CC(O)P(=O)=O)SC(=O)CCCCC.[LiH]. The van der Waals surface area contributed by atoms with Gasteiger partial charge in [0.1, 0.15) is 0 Å². The van der Waals surface area contributed by atoms with Crippen LogP contribution in [0, 0.1) is 0 Å². The third-order valence-electron chi connectivity index (χ3n) is 3.41. The first-order valence-electron chi connectivity index (χ1n) is 8.57. The van der Waals surface area contributed by atoms with Gasteiger partial charge in [-0.15, -0.1) is 0 Å². The summed E-state index contributed by atoms with van der Waals surface area (Å²) in [6.07, 6.45) is 6.67. The molecule has 0 aromatic heterocycles. The van der Waals surface area contributed by atoms with Gasteiger partial charge in [-0.1, -0.05) is 63.1 Å².